The Morgan fingerprint density at radius 2 is 2.08 bits per heavy atom. The number of carbonyl (C=O) groups excluding carboxylic acids is 1. The maximum atomic E-state index is 13.0. The Bertz CT molecular complexity index is 1020. The first kappa shape index (κ1) is 25.5. The van der Waals surface area contributed by atoms with Gasteiger partial charge in [-0.15, -0.1) is 0 Å². The van der Waals surface area contributed by atoms with Crippen LogP contribution in [-0.2, 0) is 23.7 Å². The summed E-state index contributed by atoms with van der Waals surface area (Å²) >= 11 is 0. The number of esters is 1. The number of aliphatic hydroxyl groups excluding tert-OH is 1. The van der Waals surface area contributed by atoms with Crippen LogP contribution < -0.4 is 0 Å². The van der Waals surface area contributed by atoms with Gasteiger partial charge < -0.3 is 24.1 Å². The fourth-order valence-corrected chi connectivity index (χ4v) is 7.36. The van der Waals surface area contributed by atoms with E-state index in [4.69, 9.17) is 18.9 Å². The third-order valence-electron chi connectivity index (χ3n) is 9.29. The Morgan fingerprint density at radius 3 is 2.75 bits per heavy atom. The Morgan fingerprint density at radius 1 is 1.31 bits per heavy atom. The van der Waals surface area contributed by atoms with Crippen LogP contribution in [0.15, 0.2) is 59.9 Å². The molecule has 0 aromatic carbocycles. The number of allylic oxidation sites excluding steroid dienone is 3. The van der Waals surface area contributed by atoms with Crippen LogP contribution in [0.4, 0.5) is 0 Å². The van der Waals surface area contributed by atoms with E-state index in [1.54, 1.807) is 13.2 Å². The van der Waals surface area contributed by atoms with Crippen LogP contribution in [0.25, 0.3) is 0 Å². The van der Waals surface area contributed by atoms with Crippen molar-refractivity contribution in [1.82, 2.24) is 0 Å². The Hall–Kier alpha value is -2.15. The van der Waals surface area contributed by atoms with Gasteiger partial charge in [0.15, 0.2) is 0 Å². The van der Waals surface area contributed by atoms with Gasteiger partial charge in [0.25, 0.3) is 0 Å². The average Bonchev–Trinajstić information content (AvgIpc) is 3.46. The summed E-state index contributed by atoms with van der Waals surface area (Å²) in [6, 6.07) is 0. The summed E-state index contributed by atoms with van der Waals surface area (Å²) in [5, 5.41) is 11.8. The molecule has 0 unspecified atom stereocenters. The maximum Gasteiger partial charge on any atom is 0.334 e. The fraction of sp³-hybridized carbons (Fsp3) is 0.633. The summed E-state index contributed by atoms with van der Waals surface area (Å²) in [6.07, 6.45) is 12.5. The lowest BCUT2D eigenvalue weighted by Crippen LogP contribution is -2.57. The lowest BCUT2D eigenvalue weighted by Gasteiger charge is -2.49. The van der Waals surface area contributed by atoms with E-state index in [-0.39, 0.29) is 53.9 Å². The third-order valence-corrected chi connectivity index (χ3v) is 9.29. The van der Waals surface area contributed by atoms with E-state index in [2.05, 4.69) is 45.6 Å². The predicted octanol–water partition coefficient (Wildman–Crippen LogP) is 4.66. The number of methoxy groups -OCH3 is 1. The number of aliphatic hydroxyl groups is 1. The molecule has 0 radical (unpaired) electrons. The lowest BCUT2D eigenvalue weighted by atomic mass is 9.57. The largest absolute Gasteiger partial charge is 0.492 e. The minimum absolute atomic E-state index is 0.0281. The second-order valence-corrected chi connectivity index (χ2v) is 11.2. The fourth-order valence-electron chi connectivity index (χ4n) is 7.36. The zero-order chi connectivity index (χ0) is 25.8. The van der Waals surface area contributed by atoms with E-state index in [9.17, 15) is 9.90 Å². The molecule has 0 aromatic rings. The van der Waals surface area contributed by atoms with Crippen LogP contribution in [0.1, 0.15) is 47.0 Å². The van der Waals surface area contributed by atoms with Gasteiger partial charge in [-0.3, -0.25) is 0 Å². The quantitative estimate of drug-likeness (QED) is 0.451. The topological polar surface area (TPSA) is 74.2 Å². The van der Waals surface area contributed by atoms with Crippen molar-refractivity contribution in [3.05, 3.63) is 59.9 Å². The van der Waals surface area contributed by atoms with Crippen molar-refractivity contribution in [1.29, 1.82) is 0 Å². The molecule has 196 valence electrons. The molecular formula is C30H40O6. The molecule has 5 aliphatic rings. The van der Waals surface area contributed by atoms with Crippen molar-refractivity contribution in [2.45, 2.75) is 83.1 Å². The molecular weight excluding hydrogens is 456 g/mol. The van der Waals surface area contributed by atoms with Gasteiger partial charge in [-0.25, -0.2) is 4.79 Å². The van der Waals surface area contributed by atoms with Gasteiger partial charge in [-0.05, 0) is 31.8 Å². The minimum atomic E-state index is -0.714. The molecule has 11 atom stereocenters. The molecule has 6 heteroatoms. The molecule has 0 amide bonds. The molecule has 1 spiro atoms. The monoisotopic (exact) mass is 496 g/mol. The van der Waals surface area contributed by atoms with Gasteiger partial charge in [0, 0.05) is 42.3 Å². The van der Waals surface area contributed by atoms with Gasteiger partial charge in [0.1, 0.15) is 35.8 Å². The first-order valence-corrected chi connectivity index (χ1v) is 13.4. The van der Waals surface area contributed by atoms with Crippen LogP contribution in [-0.4, -0.2) is 54.3 Å². The van der Waals surface area contributed by atoms with Gasteiger partial charge >= 0.3 is 5.97 Å². The smallest absolute Gasteiger partial charge is 0.334 e. The van der Waals surface area contributed by atoms with Crippen molar-refractivity contribution >= 4 is 5.97 Å². The average molecular weight is 497 g/mol. The van der Waals surface area contributed by atoms with Crippen molar-refractivity contribution in [2.24, 2.45) is 29.6 Å². The highest BCUT2D eigenvalue weighted by molar-refractivity contribution is 5.90. The lowest BCUT2D eigenvalue weighted by molar-refractivity contribution is -0.165. The normalized spacial score (nSPS) is 46.9. The third kappa shape index (κ3) is 3.84. The predicted molar refractivity (Wildman–Crippen MR) is 137 cm³/mol. The second-order valence-electron chi connectivity index (χ2n) is 11.2. The van der Waals surface area contributed by atoms with Gasteiger partial charge in [-0.2, -0.15) is 0 Å². The number of rotatable bonds is 4. The maximum absolute atomic E-state index is 13.0. The summed E-state index contributed by atoms with van der Waals surface area (Å²) in [6.45, 7) is 12.6. The summed E-state index contributed by atoms with van der Waals surface area (Å²) in [7, 11) is 1.69. The Labute approximate surface area is 214 Å². The summed E-state index contributed by atoms with van der Waals surface area (Å²) in [5.74, 6) is -0.0350. The van der Waals surface area contributed by atoms with E-state index in [0.29, 0.717) is 24.2 Å². The van der Waals surface area contributed by atoms with Crippen molar-refractivity contribution < 1.29 is 28.8 Å². The highest BCUT2D eigenvalue weighted by atomic mass is 16.6. The minimum Gasteiger partial charge on any atom is -0.492 e. The van der Waals surface area contributed by atoms with Crippen LogP contribution in [0.3, 0.4) is 0 Å². The van der Waals surface area contributed by atoms with Gasteiger partial charge in [0.2, 0.25) is 0 Å². The van der Waals surface area contributed by atoms with Crippen molar-refractivity contribution in [3.8, 4) is 0 Å². The summed E-state index contributed by atoms with van der Waals surface area (Å²) in [5.41, 5.74) is 1.03. The SMILES string of the molecule is C=C1O[C@H](CC)[C@H](C)/C=C(\C)[C@]23O[C@@H]4[C@H](C=C[C@@H]2C[C@@H]1OC)[C@H]3[C@H](O)[C@@H](C)[C@H]4OC(=O)C1=CC=CC1. The van der Waals surface area contributed by atoms with E-state index >= 15 is 0 Å². The molecule has 1 saturated carbocycles. The molecule has 1 N–H and O–H groups in total. The summed E-state index contributed by atoms with van der Waals surface area (Å²) < 4.78 is 25.3. The van der Waals surface area contributed by atoms with E-state index in [1.807, 2.05) is 19.1 Å². The van der Waals surface area contributed by atoms with Crippen molar-refractivity contribution in [3.63, 3.8) is 0 Å². The van der Waals surface area contributed by atoms with E-state index in [0.717, 1.165) is 12.0 Å². The first-order chi connectivity index (χ1) is 17.2. The molecule has 5 rings (SSSR count). The molecule has 0 aromatic heterocycles. The Kier molecular flexibility index (Phi) is 6.81. The van der Waals surface area contributed by atoms with Crippen molar-refractivity contribution in [2.75, 3.05) is 7.11 Å². The highest BCUT2D eigenvalue weighted by Gasteiger charge is 2.68. The molecule has 36 heavy (non-hydrogen) atoms. The highest BCUT2D eigenvalue weighted by Crippen LogP contribution is 2.61. The molecule has 2 fully saturated rings. The first-order valence-electron chi connectivity index (χ1n) is 13.4. The van der Waals surface area contributed by atoms with Crippen LogP contribution >= 0.6 is 0 Å². The molecule has 4 bridgehead atoms. The number of hydrogen-bond acceptors (Lipinski definition) is 6. The number of ether oxygens (including phenoxy) is 4. The molecule has 1 saturated heterocycles. The van der Waals surface area contributed by atoms with Crippen LogP contribution in [0, 0.1) is 29.6 Å². The van der Waals surface area contributed by atoms with E-state index in [1.165, 1.54) is 0 Å². The zero-order valence-electron chi connectivity index (χ0n) is 22.1. The van der Waals surface area contributed by atoms with E-state index < -0.39 is 17.8 Å². The molecule has 2 aliphatic heterocycles. The molecule has 3 aliphatic carbocycles. The Balaban J connectivity index is 1.56. The van der Waals surface area contributed by atoms with Gasteiger partial charge in [0.05, 0.1) is 6.10 Å². The summed E-state index contributed by atoms with van der Waals surface area (Å²) in [4.78, 5) is 13.0. The molecule has 6 nitrogen and oxygen atoms in total. The van der Waals surface area contributed by atoms with Gasteiger partial charge in [-0.1, -0.05) is 63.8 Å². The standard InChI is InChI=1S/C30H40O6/c1-7-23-16(2)14-17(3)30-21(15-24(33-6)19(5)34-23)12-13-22-25(30)26(31)18(4)27(28(22)36-30)35-29(32)20-10-8-9-11-20/h8-10,12-14,16,18,21-28,31H,5,7,11,15H2,1-4,6H3/b17-14+/t16-,18-,21-,22-,23-,24+,25+,26-,27-,28-,30+/m1/s1. The van der Waals surface area contributed by atoms with Crippen LogP contribution in [0.5, 0.6) is 0 Å². The second kappa shape index (κ2) is 9.62. The number of carbonyl (C=O) groups is 1. The van der Waals surface area contributed by atoms with Crippen LogP contribution in [0.2, 0.25) is 0 Å². The number of hydrogen-bond donors (Lipinski definition) is 1. The molecule has 2 heterocycles. The zero-order valence-corrected chi connectivity index (χ0v) is 22.1.